The second-order valence-electron chi connectivity index (χ2n) is 4.08. The molecule has 0 radical (unpaired) electrons. The van der Waals surface area contributed by atoms with E-state index in [2.05, 4.69) is 12.1 Å². The Labute approximate surface area is 96.5 Å². The van der Waals surface area contributed by atoms with E-state index < -0.39 is 0 Å². The van der Waals surface area contributed by atoms with E-state index in [4.69, 9.17) is 15.2 Å². The molecule has 1 aromatic rings. The molecule has 0 saturated heterocycles. The Bertz CT molecular complexity index is 365. The molecule has 3 nitrogen and oxygen atoms in total. The lowest BCUT2D eigenvalue weighted by Crippen LogP contribution is -2.02. The van der Waals surface area contributed by atoms with Crippen LogP contribution in [0.3, 0.4) is 0 Å². The molecule has 1 aliphatic carbocycles. The van der Waals surface area contributed by atoms with Gasteiger partial charge in [0.15, 0.2) is 11.5 Å². The Morgan fingerprint density at radius 1 is 1.19 bits per heavy atom. The van der Waals surface area contributed by atoms with Crippen LogP contribution in [0.5, 0.6) is 11.5 Å². The maximum atomic E-state index is 5.85. The van der Waals surface area contributed by atoms with Crippen LogP contribution in [-0.4, -0.2) is 19.3 Å². The molecule has 1 aromatic carbocycles. The van der Waals surface area contributed by atoms with Crippen molar-refractivity contribution in [2.75, 3.05) is 13.2 Å². The highest BCUT2D eigenvalue weighted by atomic mass is 16.5. The number of ether oxygens (including phenoxy) is 2. The van der Waals surface area contributed by atoms with Gasteiger partial charge in [-0.25, -0.2) is 0 Å². The van der Waals surface area contributed by atoms with Crippen molar-refractivity contribution in [3.05, 3.63) is 23.8 Å². The summed E-state index contributed by atoms with van der Waals surface area (Å²) in [7, 11) is 0. The number of hydrogen-bond donors (Lipinski definition) is 1. The van der Waals surface area contributed by atoms with Crippen LogP contribution in [0.2, 0.25) is 0 Å². The fraction of sp³-hybridized carbons (Fsp3) is 0.538. The molecule has 3 heteroatoms. The van der Waals surface area contributed by atoms with Crippen molar-refractivity contribution >= 4 is 0 Å². The third kappa shape index (κ3) is 2.30. The molecule has 0 heterocycles. The van der Waals surface area contributed by atoms with Gasteiger partial charge >= 0.3 is 0 Å². The van der Waals surface area contributed by atoms with Crippen molar-refractivity contribution in [1.29, 1.82) is 0 Å². The first-order valence-corrected chi connectivity index (χ1v) is 5.91. The summed E-state index contributed by atoms with van der Waals surface area (Å²) in [5, 5.41) is 0. The molecule has 1 saturated carbocycles. The number of rotatable bonds is 5. The van der Waals surface area contributed by atoms with Crippen molar-refractivity contribution in [1.82, 2.24) is 0 Å². The minimum atomic E-state index is 0.326. The topological polar surface area (TPSA) is 44.5 Å². The molecule has 2 atom stereocenters. The van der Waals surface area contributed by atoms with Crippen LogP contribution in [0.25, 0.3) is 0 Å². The maximum Gasteiger partial charge on any atom is 0.161 e. The lowest BCUT2D eigenvalue weighted by atomic mass is 10.1. The smallest absolute Gasteiger partial charge is 0.161 e. The second-order valence-corrected chi connectivity index (χ2v) is 4.08. The van der Waals surface area contributed by atoms with Gasteiger partial charge in [-0.2, -0.15) is 0 Å². The fourth-order valence-corrected chi connectivity index (χ4v) is 1.90. The molecule has 1 fully saturated rings. The summed E-state index contributed by atoms with van der Waals surface area (Å²) in [4.78, 5) is 0. The van der Waals surface area contributed by atoms with Crippen LogP contribution >= 0.6 is 0 Å². The van der Waals surface area contributed by atoms with Gasteiger partial charge in [-0.3, -0.25) is 0 Å². The first-order chi connectivity index (χ1) is 7.76. The summed E-state index contributed by atoms with van der Waals surface area (Å²) in [6.45, 7) is 5.26. The summed E-state index contributed by atoms with van der Waals surface area (Å²) in [6, 6.07) is 6.46. The van der Waals surface area contributed by atoms with Gasteiger partial charge in [0.2, 0.25) is 0 Å². The zero-order valence-electron chi connectivity index (χ0n) is 9.90. The quantitative estimate of drug-likeness (QED) is 0.829. The van der Waals surface area contributed by atoms with Gasteiger partial charge in [0, 0.05) is 12.0 Å². The number of benzene rings is 1. The van der Waals surface area contributed by atoms with Crippen LogP contribution in [-0.2, 0) is 0 Å². The summed E-state index contributed by atoms with van der Waals surface area (Å²) in [6.07, 6.45) is 1.08. The van der Waals surface area contributed by atoms with E-state index in [0.29, 0.717) is 25.2 Å². The Morgan fingerprint density at radius 3 is 2.38 bits per heavy atom. The lowest BCUT2D eigenvalue weighted by Gasteiger charge is -2.12. The fourth-order valence-electron chi connectivity index (χ4n) is 1.90. The molecule has 2 rings (SSSR count). The summed E-state index contributed by atoms with van der Waals surface area (Å²) < 4.78 is 11.1. The molecule has 1 aliphatic rings. The van der Waals surface area contributed by atoms with E-state index in [1.807, 2.05) is 19.9 Å². The molecule has 16 heavy (non-hydrogen) atoms. The zero-order chi connectivity index (χ0) is 11.5. The van der Waals surface area contributed by atoms with Gasteiger partial charge < -0.3 is 15.2 Å². The molecular formula is C13H19NO2. The average molecular weight is 221 g/mol. The Morgan fingerprint density at radius 2 is 1.81 bits per heavy atom. The Balaban J connectivity index is 2.21. The van der Waals surface area contributed by atoms with Crippen molar-refractivity contribution in [3.8, 4) is 11.5 Å². The maximum absolute atomic E-state index is 5.85. The first kappa shape index (κ1) is 11.3. The van der Waals surface area contributed by atoms with Crippen LogP contribution in [0.4, 0.5) is 0 Å². The van der Waals surface area contributed by atoms with Gasteiger partial charge in [0.1, 0.15) is 0 Å². The van der Waals surface area contributed by atoms with Gasteiger partial charge in [0.05, 0.1) is 13.2 Å². The minimum Gasteiger partial charge on any atom is -0.490 e. The normalized spacial score (nSPS) is 22.9. The highest BCUT2D eigenvalue weighted by molar-refractivity contribution is 5.45. The van der Waals surface area contributed by atoms with Gasteiger partial charge in [-0.05, 0) is 38.0 Å². The molecular weight excluding hydrogens is 202 g/mol. The average Bonchev–Trinajstić information content (AvgIpc) is 2.99. The van der Waals surface area contributed by atoms with Crippen molar-refractivity contribution < 1.29 is 9.47 Å². The lowest BCUT2D eigenvalue weighted by molar-refractivity contribution is 0.287. The Hall–Kier alpha value is -1.22. The van der Waals surface area contributed by atoms with Crippen LogP contribution in [0.15, 0.2) is 18.2 Å². The SMILES string of the molecule is CCOc1ccc(C2CC2N)cc1OCC. The van der Waals surface area contributed by atoms with E-state index in [-0.39, 0.29) is 0 Å². The number of nitrogens with two attached hydrogens (primary N) is 1. The van der Waals surface area contributed by atoms with E-state index in [9.17, 15) is 0 Å². The van der Waals surface area contributed by atoms with Crippen molar-refractivity contribution in [3.63, 3.8) is 0 Å². The predicted molar refractivity (Wildman–Crippen MR) is 64.1 cm³/mol. The largest absolute Gasteiger partial charge is 0.490 e. The van der Waals surface area contributed by atoms with Crippen LogP contribution in [0.1, 0.15) is 31.7 Å². The molecule has 0 amide bonds. The highest BCUT2D eigenvalue weighted by Gasteiger charge is 2.35. The molecule has 0 spiro atoms. The number of hydrogen-bond acceptors (Lipinski definition) is 3. The molecule has 2 unspecified atom stereocenters. The Kier molecular flexibility index (Phi) is 3.34. The van der Waals surface area contributed by atoms with E-state index in [1.165, 1.54) is 5.56 Å². The van der Waals surface area contributed by atoms with Gasteiger partial charge in [-0.1, -0.05) is 6.07 Å². The van der Waals surface area contributed by atoms with Crippen molar-refractivity contribution in [2.24, 2.45) is 5.73 Å². The second kappa shape index (κ2) is 4.74. The molecule has 88 valence electrons. The molecule has 0 aliphatic heterocycles. The van der Waals surface area contributed by atoms with Crippen LogP contribution in [0, 0.1) is 0 Å². The predicted octanol–water partition coefficient (Wildman–Crippen LogP) is 2.30. The first-order valence-electron chi connectivity index (χ1n) is 5.91. The van der Waals surface area contributed by atoms with E-state index in [0.717, 1.165) is 17.9 Å². The monoisotopic (exact) mass is 221 g/mol. The molecule has 0 aromatic heterocycles. The van der Waals surface area contributed by atoms with Crippen LogP contribution < -0.4 is 15.2 Å². The molecule has 0 bridgehead atoms. The summed E-state index contributed by atoms with van der Waals surface area (Å²) in [5.41, 5.74) is 7.11. The highest BCUT2D eigenvalue weighted by Crippen LogP contribution is 2.42. The van der Waals surface area contributed by atoms with Gasteiger partial charge in [-0.15, -0.1) is 0 Å². The van der Waals surface area contributed by atoms with E-state index in [1.54, 1.807) is 0 Å². The summed E-state index contributed by atoms with van der Waals surface area (Å²) >= 11 is 0. The van der Waals surface area contributed by atoms with Gasteiger partial charge in [0.25, 0.3) is 0 Å². The zero-order valence-corrected chi connectivity index (χ0v) is 9.90. The third-order valence-corrected chi connectivity index (χ3v) is 2.84. The van der Waals surface area contributed by atoms with Crippen molar-refractivity contribution in [2.45, 2.75) is 32.2 Å². The van der Waals surface area contributed by atoms with E-state index >= 15 is 0 Å². The molecule has 2 N–H and O–H groups in total. The standard InChI is InChI=1S/C13H19NO2/c1-3-15-12-6-5-9(10-8-11(10)14)7-13(12)16-4-2/h5-7,10-11H,3-4,8,14H2,1-2H3. The minimum absolute atomic E-state index is 0.326. The third-order valence-electron chi connectivity index (χ3n) is 2.84. The summed E-state index contributed by atoms with van der Waals surface area (Å²) in [5.74, 6) is 2.16.